The van der Waals surface area contributed by atoms with E-state index in [9.17, 15) is 8.78 Å². The van der Waals surface area contributed by atoms with E-state index in [1.165, 1.54) is 18.4 Å². The van der Waals surface area contributed by atoms with Crippen LogP contribution < -0.4 is 5.73 Å². The third kappa shape index (κ3) is 2.65. The Balaban J connectivity index is 0.00000144. The molecule has 0 aliphatic carbocycles. The number of nitrogens with two attached hydrogens (primary N) is 1. The molecule has 6 heteroatoms. The second-order valence-corrected chi connectivity index (χ2v) is 2.41. The van der Waals surface area contributed by atoms with E-state index in [4.69, 9.17) is 10.8 Å². The highest BCUT2D eigenvalue weighted by molar-refractivity contribution is 5.85. The number of halogens is 3. The van der Waals surface area contributed by atoms with Gasteiger partial charge in [0.05, 0.1) is 6.26 Å². The van der Waals surface area contributed by atoms with Crippen LogP contribution in [0.4, 0.5) is 8.78 Å². The van der Waals surface area contributed by atoms with Crippen molar-refractivity contribution in [3.63, 3.8) is 0 Å². The second-order valence-electron chi connectivity index (χ2n) is 2.41. The Kier molecular flexibility index (Phi) is 4.32. The molecule has 0 amide bonds. The molecule has 0 aliphatic rings. The Bertz CT molecular complexity index is 241. The van der Waals surface area contributed by atoms with Crippen molar-refractivity contribution in [3.8, 4) is 0 Å². The van der Waals surface area contributed by atoms with Crippen molar-refractivity contribution < 1.29 is 18.3 Å². The summed E-state index contributed by atoms with van der Waals surface area (Å²) in [4.78, 5) is 0. The van der Waals surface area contributed by atoms with Crippen LogP contribution in [0.5, 0.6) is 0 Å². The van der Waals surface area contributed by atoms with E-state index in [0.29, 0.717) is 0 Å². The average Bonchev–Trinajstić information content (AvgIpc) is 2.55. The fraction of sp³-hybridized carbons (Fsp3) is 0.429. The average molecular weight is 214 g/mol. The molecule has 3 nitrogen and oxygen atoms in total. The van der Waals surface area contributed by atoms with Gasteiger partial charge in [0.15, 0.2) is 0 Å². The van der Waals surface area contributed by atoms with Crippen molar-refractivity contribution in [2.45, 2.75) is 12.0 Å². The minimum atomic E-state index is -3.34. The molecule has 0 fully saturated rings. The predicted molar refractivity (Wildman–Crippen MR) is 44.9 cm³/mol. The topological polar surface area (TPSA) is 59.4 Å². The summed E-state index contributed by atoms with van der Waals surface area (Å²) in [5.74, 6) is -3.37. The van der Waals surface area contributed by atoms with Gasteiger partial charge in [-0.15, -0.1) is 12.4 Å². The van der Waals surface area contributed by atoms with Crippen molar-refractivity contribution in [2.24, 2.45) is 5.73 Å². The Morgan fingerprint density at radius 3 is 2.62 bits per heavy atom. The van der Waals surface area contributed by atoms with Crippen molar-refractivity contribution in [1.29, 1.82) is 0 Å². The lowest BCUT2D eigenvalue weighted by atomic mass is 10.1. The number of hydrogen-bond donors (Lipinski definition) is 2. The van der Waals surface area contributed by atoms with Crippen molar-refractivity contribution in [1.82, 2.24) is 0 Å². The maximum absolute atomic E-state index is 12.7. The quantitative estimate of drug-likeness (QED) is 0.797. The van der Waals surface area contributed by atoms with Gasteiger partial charge >= 0.3 is 0 Å². The van der Waals surface area contributed by atoms with Crippen LogP contribution in [0, 0.1) is 0 Å². The standard InChI is InChI=1S/C7H9F2NO2.ClH/c8-7(9,4-11)6(10)5-2-1-3-12-5;/h1-3,6,11H,4,10H2;1H/t6-;/m1./s1. The molecule has 0 radical (unpaired) electrons. The highest BCUT2D eigenvalue weighted by Gasteiger charge is 2.38. The molecule has 76 valence electrons. The molecule has 0 spiro atoms. The smallest absolute Gasteiger partial charge is 0.292 e. The molecular weight excluding hydrogens is 204 g/mol. The summed E-state index contributed by atoms with van der Waals surface area (Å²) in [6.07, 6.45) is 1.25. The molecule has 13 heavy (non-hydrogen) atoms. The fourth-order valence-corrected chi connectivity index (χ4v) is 0.775. The first-order chi connectivity index (χ1) is 5.58. The lowest BCUT2D eigenvalue weighted by Gasteiger charge is -2.18. The molecule has 0 bridgehead atoms. The number of aliphatic hydroxyl groups excluding tert-OH is 1. The van der Waals surface area contributed by atoms with Gasteiger partial charge in [-0.25, -0.2) is 8.78 Å². The lowest BCUT2D eigenvalue weighted by molar-refractivity contribution is -0.0754. The Hall–Kier alpha value is -0.650. The van der Waals surface area contributed by atoms with Crippen LogP contribution >= 0.6 is 12.4 Å². The van der Waals surface area contributed by atoms with Crippen LogP contribution in [0.25, 0.3) is 0 Å². The maximum atomic E-state index is 12.7. The van der Waals surface area contributed by atoms with Gasteiger partial charge in [0, 0.05) is 0 Å². The number of rotatable bonds is 3. The largest absolute Gasteiger partial charge is 0.467 e. The van der Waals surface area contributed by atoms with Crippen LogP contribution in [0.3, 0.4) is 0 Å². The lowest BCUT2D eigenvalue weighted by Crippen LogP contribution is -2.35. The summed E-state index contributed by atoms with van der Waals surface area (Å²) < 4.78 is 30.0. The van der Waals surface area contributed by atoms with E-state index in [-0.39, 0.29) is 18.2 Å². The molecule has 1 atom stereocenters. The molecule has 3 N–H and O–H groups in total. The number of alkyl halides is 2. The summed E-state index contributed by atoms with van der Waals surface area (Å²) >= 11 is 0. The fourth-order valence-electron chi connectivity index (χ4n) is 0.775. The molecular formula is C7H10ClF2NO2. The normalized spacial score (nSPS) is 13.5. The first-order valence-electron chi connectivity index (χ1n) is 3.35. The van der Waals surface area contributed by atoms with Gasteiger partial charge < -0.3 is 15.3 Å². The molecule has 0 unspecified atom stereocenters. The highest BCUT2D eigenvalue weighted by Crippen LogP contribution is 2.28. The summed E-state index contributed by atoms with van der Waals surface area (Å²) in [6.45, 7) is -1.28. The zero-order valence-corrected chi connectivity index (χ0v) is 7.43. The highest BCUT2D eigenvalue weighted by atomic mass is 35.5. The zero-order chi connectivity index (χ0) is 9.19. The predicted octanol–water partition coefficient (Wildman–Crippen LogP) is 1.33. The van der Waals surface area contributed by atoms with E-state index >= 15 is 0 Å². The van der Waals surface area contributed by atoms with E-state index in [2.05, 4.69) is 4.42 Å². The van der Waals surface area contributed by atoms with Gasteiger partial charge in [0.2, 0.25) is 0 Å². The zero-order valence-electron chi connectivity index (χ0n) is 6.61. The van der Waals surface area contributed by atoms with Gasteiger partial charge in [-0.05, 0) is 12.1 Å². The number of aliphatic hydroxyl groups is 1. The van der Waals surface area contributed by atoms with Gasteiger partial charge in [0.1, 0.15) is 18.4 Å². The molecule has 0 saturated heterocycles. The SMILES string of the molecule is Cl.N[C@H](c1ccco1)C(F)(F)CO. The van der Waals surface area contributed by atoms with E-state index in [1.54, 1.807) is 0 Å². The minimum absolute atomic E-state index is 0. The third-order valence-electron chi connectivity index (χ3n) is 1.52. The summed E-state index contributed by atoms with van der Waals surface area (Å²) in [7, 11) is 0. The van der Waals surface area contributed by atoms with Crippen molar-refractivity contribution >= 4 is 12.4 Å². The molecule has 0 aliphatic heterocycles. The molecule has 1 rings (SSSR count). The number of furan rings is 1. The molecule has 1 heterocycles. The van der Waals surface area contributed by atoms with Crippen LogP contribution in [-0.4, -0.2) is 17.6 Å². The van der Waals surface area contributed by atoms with E-state index < -0.39 is 18.6 Å². The Morgan fingerprint density at radius 1 is 1.62 bits per heavy atom. The Labute approximate surface area is 79.9 Å². The van der Waals surface area contributed by atoms with E-state index in [0.717, 1.165) is 0 Å². The summed E-state index contributed by atoms with van der Waals surface area (Å²) in [5, 5.41) is 8.29. The summed E-state index contributed by atoms with van der Waals surface area (Å²) in [5.41, 5.74) is 5.12. The minimum Gasteiger partial charge on any atom is -0.467 e. The third-order valence-corrected chi connectivity index (χ3v) is 1.52. The van der Waals surface area contributed by atoms with Crippen LogP contribution in [0.2, 0.25) is 0 Å². The first kappa shape index (κ1) is 12.3. The Morgan fingerprint density at radius 2 is 2.23 bits per heavy atom. The maximum Gasteiger partial charge on any atom is 0.292 e. The first-order valence-corrected chi connectivity index (χ1v) is 3.35. The van der Waals surface area contributed by atoms with Gasteiger partial charge in [-0.3, -0.25) is 0 Å². The van der Waals surface area contributed by atoms with E-state index in [1.807, 2.05) is 0 Å². The number of hydrogen-bond acceptors (Lipinski definition) is 3. The molecule has 0 saturated carbocycles. The second kappa shape index (κ2) is 4.55. The van der Waals surface area contributed by atoms with Crippen LogP contribution in [0.15, 0.2) is 22.8 Å². The van der Waals surface area contributed by atoms with Crippen LogP contribution in [0.1, 0.15) is 11.8 Å². The molecule has 0 aromatic carbocycles. The van der Waals surface area contributed by atoms with Gasteiger partial charge in [0.25, 0.3) is 5.92 Å². The van der Waals surface area contributed by atoms with Crippen LogP contribution in [-0.2, 0) is 0 Å². The van der Waals surface area contributed by atoms with Gasteiger partial charge in [-0.1, -0.05) is 0 Å². The van der Waals surface area contributed by atoms with Crippen molar-refractivity contribution in [2.75, 3.05) is 6.61 Å². The summed E-state index contributed by atoms with van der Waals surface area (Å²) in [6, 6.07) is 1.22. The van der Waals surface area contributed by atoms with Crippen molar-refractivity contribution in [3.05, 3.63) is 24.2 Å². The molecule has 1 aromatic rings. The molecule has 1 aromatic heterocycles. The monoisotopic (exact) mass is 213 g/mol. The van der Waals surface area contributed by atoms with Gasteiger partial charge in [-0.2, -0.15) is 0 Å².